The van der Waals surface area contributed by atoms with Gasteiger partial charge in [0.1, 0.15) is 11.4 Å². The van der Waals surface area contributed by atoms with Crippen LogP contribution in [0.1, 0.15) is 43.0 Å². The molecule has 1 N–H and O–H groups in total. The maximum absolute atomic E-state index is 12.5. The summed E-state index contributed by atoms with van der Waals surface area (Å²) < 4.78 is 6.09. The normalized spacial score (nSPS) is 17.7. The first-order chi connectivity index (χ1) is 12.7. The number of carbonyl (C=O) groups excluding carboxylic acids is 1. The topological polar surface area (TPSA) is 38.3 Å². The minimum absolute atomic E-state index is 0.0133. The lowest BCUT2D eigenvalue weighted by Gasteiger charge is -2.38. The zero-order chi connectivity index (χ0) is 19.6. The van der Waals surface area contributed by atoms with E-state index in [2.05, 4.69) is 25.2 Å². The molecule has 6 heteroatoms. The molecule has 1 aliphatic heterocycles. The van der Waals surface area contributed by atoms with Crippen LogP contribution in [0.25, 0.3) is 0 Å². The molecule has 3 nitrogen and oxygen atoms in total. The van der Waals surface area contributed by atoms with Crippen LogP contribution in [0, 0.1) is 6.92 Å². The van der Waals surface area contributed by atoms with Gasteiger partial charge < -0.3 is 10.1 Å². The molecular weight excluding hydrogens is 401 g/mol. The number of nitrogens with one attached hydrogen (secondary N) is 1. The second kappa shape index (κ2) is 8.34. The van der Waals surface area contributed by atoms with Crippen LogP contribution in [0.15, 0.2) is 36.4 Å². The number of rotatable bonds is 5. The summed E-state index contributed by atoms with van der Waals surface area (Å²) in [6, 6.07) is 11.5. The van der Waals surface area contributed by atoms with Gasteiger partial charge in [-0.3, -0.25) is 4.79 Å². The van der Waals surface area contributed by atoms with E-state index in [0.29, 0.717) is 21.6 Å². The van der Waals surface area contributed by atoms with Crippen molar-refractivity contribution in [2.75, 3.05) is 5.75 Å². The van der Waals surface area contributed by atoms with Crippen LogP contribution in [0.5, 0.6) is 5.75 Å². The summed E-state index contributed by atoms with van der Waals surface area (Å²) in [5.74, 6) is 1.91. The quantitative estimate of drug-likeness (QED) is 0.644. The van der Waals surface area contributed by atoms with Crippen molar-refractivity contribution in [1.82, 2.24) is 5.32 Å². The molecule has 0 aliphatic carbocycles. The summed E-state index contributed by atoms with van der Waals surface area (Å²) >= 11 is 13.6. The van der Waals surface area contributed by atoms with E-state index in [0.717, 1.165) is 28.9 Å². The number of benzene rings is 2. The fourth-order valence-electron chi connectivity index (χ4n) is 3.22. The predicted molar refractivity (Wildman–Crippen MR) is 114 cm³/mol. The molecule has 0 aromatic heterocycles. The molecule has 0 radical (unpaired) electrons. The lowest BCUT2D eigenvalue weighted by Crippen LogP contribution is -2.41. The highest BCUT2D eigenvalue weighted by molar-refractivity contribution is 7.99. The van der Waals surface area contributed by atoms with Crippen LogP contribution in [0.2, 0.25) is 10.0 Å². The SMILES string of the molecule is Cc1ccc2c(c1)OC(C)(C)CC2NC(=O)CSCc1ccc(Cl)cc1Cl. The largest absolute Gasteiger partial charge is 0.487 e. The van der Waals surface area contributed by atoms with Crippen LogP contribution in [0.3, 0.4) is 0 Å². The van der Waals surface area contributed by atoms with Crippen molar-refractivity contribution in [2.45, 2.75) is 44.6 Å². The van der Waals surface area contributed by atoms with Crippen molar-refractivity contribution >= 4 is 40.9 Å². The van der Waals surface area contributed by atoms with Gasteiger partial charge in [-0.1, -0.05) is 41.4 Å². The number of carbonyl (C=O) groups is 1. The van der Waals surface area contributed by atoms with Gasteiger partial charge in [-0.25, -0.2) is 0 Å². The van der Waals surface area contributed by atoms with Crippen LogP contribution in [-0.2, 0) is 10.5 Å². The lowest BCUT2D eigenvalue weighted by molar-refractivity contribution is -0.119. The molecule has 1 aliphatic rings. The monoisotopic (exact) mass is 423 g/mol. The Morgan fingerprint density at radius 1 is 1.26 bits per heavy atom. The summed E-state index contributed by atoms with van der Waals surface area (Å²) in [4.78, 5) is 12.5. The van der Waals surface area contributed by atoms with Gasteiger partial charge in [0, 0.05) is 27.8 Å². The van der Waals surface area contributed by atoms with Crippen molar-refractivity contribution < 1.29 is 9.53 Å². The minimum Gasteiger partial charge on any atom is -0.487 e. The number of halogens is 2. The van der Waals surface area contributed by atoms with E-state index >= 15 is 0 Å². The third-order valence-electron chi connectivity index (χ3n) is 4.47. The number of amides is 1. The zero-order valence-corrected chi connectivity index (χ0v) is 18.0. The molecule has 0 saturated heterocycles. The first kappa shape index (κ1) is 20.4. The van der Waals surface area contributed by atoms with Crippen LogP contribution >= 0.6 is 35.0 Å². The highest BCUT2D eigenvalue weighted by Crippen LogP contribution is 2.40. The lowest BCUT2D eigenvalue weighted by atomic mass is 9.89. The molecule has 2 aromatic carbocycles. The summed E-state index contributed by atoms with van der Waals surface area (Å²) in [5.41, 5.74) is 2.85. The average molecular weight is 424 g/mol. The molecule has 1 atom stereocenters. The number of aryl methyl sites for hydroxylation is 1. The van der Waals surface area contributed by atoms with E-state index in [1.165, 1.54) is 11.8 Å². The number of thioether (sulfide) groups is 1. The van der Waals surface area contributed by atoms with Crippen LogP contribution in [-0.4, -0.2) is 17.3 Å². The van der Waals surface area contributed by atoms with E-state index in [1.54, 1.807) is 6.07 Å². The maximum Gasteiger partial charge on any atom is 0.230 e. The first-order valence-corrected chi connectivity index (χ1v) is 10.8. The van der Waals surface area contributed by atoms with E-state index in [-0.39, 0.29) is 17.6 Å². The number of hydrogen-bond acceptors (Lipinski definition) is 3. The Bertz CT molecular complexity index is 854. The highest BCUT2D eigenvalue weighted by Gasteiger charge is 2.34. The molecule has 0 saturated carbocycles. The van der Waals surface area contributed by atoms with Gasteiger partial charge in [-0.15, -0.1) is 11.8 Å². The predicted octanol–water partition coefficient (Wildman–Crippen LogP) is 5.95. The Kier molecular flexibility index (Phi) is 6.29. The Balaban J connectivity index is 1.60. The molecule has 3 rings (SSSR count). The smallest absolute Gasteiger partial charge is 0.230 e. The Labute approximate surface area is 174 Å². The van der Waals surface area contributed by atoms with Gasteiger partial charge in [0.25, 0.3) is 0 Å². The Morgan fingerprint density at radius 2 is 2.04 bits per heavy atom. The summed E-state index contributed by atoms with van der Waals surface area (Å²) in [5, 5.41) is 4.41. The molecular formula is C21H23Cl2NO2S. The second-order valence-corrected chi connectivity index (χ2v) is 9.29. The zero-order valence-electron chi connectivity index (χ0n) is 15.6. The highest BCUT2D eigenvalue weighted by atomic mass is 35.5. The molecule has 1 heterocycles. The number of hydrogen-bond donors (Lipinski definition) is 1. The number of fused-ring (bicyclic) bond motifs is 1. The van der Waals surface area contributed by atoms with Gasteiger partial charge in [0.2, 0.25) is 5.91 Å². The van der Waals surface area contributed by atoms with Crippen molar-refractivity contribution in [3.63, 3.8) is 0 Å². The van der Waals surface area contributed by atoms with Gasteiger partial charge in [-0.05, 0) is 50.1 Å². The van der Waals surface area contributed by atoms with Gasteiger partial charge >= 0.3 is 0 Å². The average Bonchev–Trinajstić information content (AvgIpc) is 2.55. The summed E-state index contributed by atoms with van der Waals surface area (Å²) in [6.07, 6.45) is 0.739. The molecule has 2 aromatic rings. The van der Waals surface area contributed by atoms with Crippen molar-refractivity contribution in [3.05, 3.63) is 63.1 Å². The summed E-state index contributed by atoms with van der Waals surface area (Å²) in [6.45, 7) is 6.14. The van der Waals surface area contributed by atoms with Crippen molar-refractivity contribution in [2.24, 2.45) is 0 Å². The molecule has 0 fully saturated rings. The van der Waals surface area contributed by atoms with Gasteiger partial charge in [0.15, 0.2) is 0 Å². The van der Waals surface area contributed by atoms with Gasteiger partial charge in [0.05, 0.1) is 11.8 Å². The maximum atomic E-state index is 12.5. The third-order valence-corrected chi connectivity index (χ3v) is 6.04. The molecule has 27 heavy (non-hydrogen) atoms. The van der Waals surface area contributed by atoms with Crippen molar-refractivity contribution in [1.29, 1.82) is 0 Å². The van der Waals surface area contributed by atoms with E-state index in [1.807, 2.05) is 31.2 Å². The van der Waals surface area contributed by atoms with Crippen LogP contribution in [0.4, 0.5) is 0 Å². The van der Waals surface area contributed by atoms with Crippen LogP contribution < -0.4 is 10.1 Å². The molecule has 0 bridgehead atoms. The molecule has 1 amide bonds. The third kappa shape index (κ3) is 5.34. The summed E-state index contributed by atoms with van der Waals surface area (Å²) in [7, 11) is 0. The van der Waals surface area contributed by atoms with E-state index < -0.39 is 0 Å². The standard InChI is InChI=1S/C21H23Cl2NO2S/c1-13-4-7-16-18(10-21(2,3)26-19(16)8-13)24-20(25)12-27-11-14-5-6-15(22)9-17(14)23/h4-9,18H,10-12H2,1-3H3,(H,24,25). The minimum atomic E-state index is -0.317. The van der Waals surface area contributed by atoms with E-state index in [4.69, 9.17) is 27.9 Å². The second-order valence-electron chi connectivity index (χ2n) is 7.46. The van der Waals surface area contributed by atoms with Crippen molar-refractivity contribution in [3.8, 4) is 5.75 Å². The van der Waals surface area contributed by atoms with Gasteiger partial charge in [-0.2, -0.15) is 0 Å². The van der Waals surface area contributed by atoms with E-state index in [9.17, 15) is 4.79 Å². The Morgan fingerprint density at radius 3 is 2.78 bits per heavy atom. The Hall–Kier alpha value is -1.36. The number of ether oxygens (including phenoxy) is 1. The molecule has 1 unspecified atom stereocenters. The molecule has 0 spiro atoms. The fourth-order valence-corrected chi connectivity index (χ4v) is 4.61. The fraction of sp³-hybridized carbons (Fsp3) is 0.381. The first-order valence-electron chi connectivity index (χ1n) is 8.84. The molecule has 144 valence electrons.